The molecule has 0 radical (unpaired) electrons. The number of carbonyl (C=O) groups excluding carboxylic acids is 1. The van der Waals surface area contributed by atoms with Gasteiger partial charge in [0.1, 0.15) is 5.01 Å². The molecule has 0 unspecified atom stereocenters. The minimum absolute atomic E-state index is 0.0216. The van der Waals surface area contributed by atoms with E-state index < -0.39 is 11.8 Å². The predicted molar refractivity (Wildman–Crippen MR) is 88.8 cm³/mol. The van der Waals surface area contributed by atoms with E-state index in [1.165, 1.54) is 23.5 Å². The van der Waals surface area contributed by atoms with Crippen LogP contribution in [0.15, 0.2) is 52.6 Å². The maximum absolute atomic E-state index is 13.6. The first-order valence-corrected chi connectivity index (χ1v) is 8.29. The van der Waals surface area contributed by atoms with E-state index in [2.05, 4.69) is 25.9 Å². The predicted octanol–water partition coefficient (Wildman–Crippen LogP) is 4.25. The van der Waals surface area contributed by atoms with E-state index in [1.807, 2.05) is 12.1 Å². The molecule has 7 heteroatoms. The van der Waals surface area contributed by atoms with Crippen molar-refractivity contribution in [2.75, 3.05) is 0 Å². The average molecular weight is 393 g/mol. The second kappa shape index (κ2) is 6.97. The van der Waals surface area contributed by atoms with Gasteiger partial charge in [0.25, 0.3) is 0 Å². The lowest BCUT2D eigenvalue weighted by molar-refractivity contribution is -0.133. The lowest BCUT2D eigenvalue weighted by atomic mass is 10.3. The summed E-state index contributed by atoms with van der Waals surface area (Å²) in [5.74, 6) is -1.25. The molecule has 0 saturated carbocycles. The number of esters is 1. The molecule has 0 bridgehead atoms. The van der Waals surface area contributed by atoms with Gasteiger partial charge in [-0.1, -0.05) is 15.9 Å². The number of hydrogen-bond acceptors (Lipinski definition) is 5. The van der Waals surface area contributed by atoms with Gasteiger partial charge in [-0.05, 0) is 30.3 Å². The number of halogens is 2. The van der Waals surface area contributed by atoms with Crippen molar-refractivity contribution in [2.24, 2.45) is 0 Å². The molecule has 0 aliphatic carbocycles. The topological polar surface area (TPSA) is 52.1 Å². The number of thiazole rings is 1. The van der Waals surface area contributed by atoms with Gasteiger partial charge in [0, 0.05) is 27.8 Å². The van der Waals surface area contributed by atoms with Crippen LogP contribution in [0.2, 0.25) is 0 Å². The van der Waals surface area contributed by atoms with Crippen molar-refractivity contribution in [1.82, 2.24) is 9.97 Å². The van der Waals surface area contributed by atoms with Crippen LogP contribution in [0.25, 0.3) is 10.6 Å². The van der Waals surface area contributed by atoms with Gasteiger partial charge in [0.05, 0.1) is 12.1 Å². The number of pyridine rings is 1. The third-order valence-electron chi connectivity index (χ3n) is 2.90. The zero-order valence-corrected chi connectivity index (χ0v) is 14.1. The van der Waals surface area contributed by atoms with Crippen molar-refractivity contribution in [1.29, 1.82) is 0 Å². The molecule has 0 aliphatic rings. The highest BCUT2D eigenvalue weighted by molar-refractivity contribution is 9.10. The Labute approximate surface area is 144 Å². The Balaban J connectivity index is 1.68. The van der Waals surface area contributed by atoms with Crippen LogP contribution in [-0.4, -0.2) is 15.9 Å². The summed E-state index contributed by atoms with van der Waals surface area (Å²) in [6, 6.07) is 7.96. The van der Waals surface area contributed by atoms with E-state index in [-0.39, 0.29) is 12.2 Å². The summed E-state index contributed by atoms with van der Waals surface area (Å²) in [6.07, 6.45) is 3.37. The van der Waals surface area contributed by atoms with Gasteiger partial charge >= 0.3 is 5.97 Å². The maximum Gasteiger partial charge on any atom is 0.317 e. The van der Waals surface area contributed by atoms with Crippen molar-refractivity contribution in [2.45, 2.75) is 6.42 Å². The van der Waals surface area contributed by atoms with Gasteiger partial charge in [-0.15, -0.1) is 11.3 Å². The van der Waals surface area contributed by atoms with Crippen LogP contribution in [0.1, 0.15) is 5.69 Å². The Hall–Kier alpha value is -2.12. The summed E-state index contributed by atoms with van der Waals surface area (Å²) >= 11 is 4.56. The third-order valence-corrected chi connectivity index (χ3v) is 4.34. The Morgan fingerprint density at radius 3 is 2.96 bits per heavy atom. The number of hydrogen-bond donors (Lipinski definition) is 0. The first-order chi connectivity index (χ1) is 11.1. The second-order valence-corrected chi connectivity index (χ2v) is 6.39. The van der Waals surface area contributed by atoms with Crippen molar-refractivity contribution in [3.63, 3.8) is 0 Å². The molecule has 2 heterocycles. The number of ether oxygens (including phenoxy) is 1. The van der Waals surface area contributed by atoms with Crippen LogP contribution >= 0.6 is 27.3 Å². The summed E-state index contributed by atoms with van der Waals surface area (Å²) < 4.78 is 19.3. The summed E-state index contributed by atoms with van der Waals surface area (Å²) in [7, 11) is 0. The maximum atomic E-state index is 13.6. The Morgan fingerprint density at radius 2 is 2.22 bits per heavy atom. The molecule has 3 rings (SSSR count). The number of nitrogens with zero attached hydrogens (tertiary/aromatic N) is 2. The van der Waals surface area contributed by atoms with Crippen LogP contribution in [0, 0.1) is 5.82 Å². The van der Waals surface area contributed by atoms with Gasteiger partial charge in [-0.2, -0.15) is 0 Å². The molecule has 23 heavy (non-hydrogen) atoms. The molecule has 0 spiro atoms. The molecule has 3 aromatic rings. The molecule has 116 valence electrons. The Bertz CT molecular complexity index is 839. The highest BCUT2D eigenvalue weighted by atomic mass is 79.9. The summed E-state index contributed by atoms with van der Waals surface area (Å²) in [5.41, 5.74) is 1.47. The lowest BCUT2D eigenvalue weighted by Crippen LogP contribution is -2.12. The van der Waals surface area contributed by atoms with Crippen LogP contribution in [0.4, 0.5) is 4.39 Å². The van der Waals surface area contributed by atoms with Gasteiger partial charge in [0.15, 0.2) is 11.6 Å². The van der Waals surface area contributed by atoms with Crippen LogP contribution < -0.4 is 4.74 Å². The molecular formula is C16H10BrFN2O2S. The van der Waals surface area contributed by atoms with Gasteiger partial charge in [-0.25, -0.2) is 9.37 Å². The normalized spacial score (nSPS) is 10.5. The molecule has 0 N–H and O–H groups in total. The molecule has 0 aliphatic heterocycles. The molecule has 0 saturated heterocycles. The minimum atomic E-state index is -0.595. The smallest absolute Gasteiger partial charge is 0.317 e. The molecule has 0 atom stereocenters. The summed E-state index contributed by atoms with van der Waals surface area (Å²) in [5, 5.41) is 2.55. The zero-order chi connectivity index (χ0) is 16.2. The summed E-state index contributed by atoms with van der Waals surface area (Å²) in [6.45, 7) is 0. The molecule has 1 aromatic carbocycles. The van der Waals surface area contributed by atoms with Crippen molar-refractivity contribution in [3.05, 3.63) is 64.1 Å². The van der Waals surface area contributed by atoms with Crippen molar-refractivity contribution < 1.29 is 13.9 Å². The van der Waals surface area contributed by atoms with Crippen LogP contribution in [-0.2, 0) is 11.2 Å². The Kier molecular flexibility index (Phi) is 4.78. The lowest BCUT2D eigenvalue weighted by Gasteiger charge is -2.04. The zero-order valence-electron chi connectivity index (χ0n) is 11.7. The van der Waals surface area contributed by atoms with E-state index in [0.29, 0.717) is 10.2 Å². The third kappa shape index (κ3) is 4.00. The molecule has 4 nitrogen and oxygen atoms in total. The molecule has 0 fully saturated rings. The number of rotatable bonds is 4. The minimum Gasteiger partial charge on any atom is -0.423 e. The van der Waals surface area contributed by atoms with Gasteiger partial charge in [0.2, 0.25) is 0 Å². The van der Waals surface area contributed by atoms with Crippen LogP contribution in [0.5, 0.6) is 5.75 Å². The fraction of sp³-hybridized carbons (Fsp3) is 0.0625. The number of aromatic nitrogens is 2. The van der Waals surface area contributed by atoms with E-state index in [0.717, 1.165) is 10.6 Å². The van der Waals surface area contributed by atoms with Gasteiger partial charge < -0.3 is 4.74 Å². The van der Waals surface area contributed by atoms with E-state index >= 15 is 0 Å². The standard InChI is InChI=1S/C16H10BrFN2O2S/c17-11-3-4-14(13(18)6-11)22-15(21)7-12-9-23-16(20-12)10-2-1-5-19-8-10/h1-6,8-9H,7H2. The van der Waals surface area contributed by atoms with E-state index in [9.17, 15) is 9.18 Å². The van der Waals surface area contributed by atoms with E-state index in [1.54, 1.807) is 23.8 Å². The average Bonchev–Trinajstić information content (AvgIpc) is 2.99. The SMILES string of the molecule is O=C(Cc1csc(-c2cccnc2)n1)Oc1ccc(Br)cc1F. The van der Waals surface area contributed by atoms with E-state index in [4.69, 9.17) is 4.74 Å². The molecule has 0 amide bonds. The molecule has 2 aromatic heterocycles. The number of benzene rings is 1. The largest absolute Gasteiger partial charge is 0.423 e. The monoisotopic (exact) mass is 392 g/mol. The quantitative estimate of drug-likeness (QED) is 0.491. The van der Waals surface area contributed by atoms with Crippen molar-refractivity contribution in [3.8, 4) is 16.3 Å². The first kappa shape index (κ1) is 15.8. The van der Waals surface area contributed by atoms with Gasteiger partial charge in [-0.3, -0.25) is 9.78 Å². The second-order valence-electron chi connectivity index (χ2n) is 4.61. The van der Waals surface area contributed by atoms with Crippen molar-refractivity contribution >= 4 is 33.2 Å². The summed E-state index contributed by atoms with van der Waals surface area (Å²) in [4.78, 5) is 20.3. The first-order valence-electron chi connectivity index (χ1n) is 6.62. The fourth-order valence-corrected chi connectivity index (χ4v) is 3.02. The highest BCUT2D eigenvalue weighted by Crippen LogP contribution is 2.24. The molecular weight excluding hydrogens is 383 g/mol. The van der Waals surface area contributed by atoms with Crippen LogP contribution in [0.3, 0.4) is 0 Å². The number of carbonyl (C=O) groups is 1. The Morgan fingerprint density at radius 1 is 1.35 bits per heavy atom. The fourth-order valence-electron chi connectivity index (χ4n) is 1.87. The highest BCUT2D eigenvalue weighted by Gasteiger charge is 2.13.